The molecule has 0 amide bonds. The first-order valence-electron chi connectivity index (χ1n) is 8.14. The van der Waals surface area contributed by atoms with Gasteiger partial charge in [-0.05, 0) is 61.7 Å². The van der Waals surface area contributed by atoms with E-state index < -0.39 is 0 Å². The summed E-state index contributed by atoms with van der Waals surface area (Å²) in [7, 11) is 0. The minimum Gasteiger partial charge on any atom is -0.459 e. The largest absolute Gasteiger partial charge is 0.459 e. The Labute approximate surface area is 117 Å². The Bertz CT molecular complexity index is 389. The van der Waals surface area contributed by atoms with Gasteiger partial charge in [-0.2, -0.15) is 0 Å². The number of carbonyl (C=O) groups excluding carboxylic acids is 1. The fourth-order valence-electron chi connectivity index (χ4n) is 5.93. The molecule has 2 heteroatoms. The lowest BCUT2D eigenvalue weighted by Crippen LogP contribution is -2.60. The molecule has 0 spiro atoms. The molecule has 3 aliphatic carbocycles. The van der Waals surface area contributed by atoms with E-state index in [-0.39, 0.29) is 11.6 Å². The molecule has 19 heavy (non-hydrogen) atoms. The number of hydrogen-bond acceptors (Lipinski definition) is 2. The van der Waals surface area contributed by atoms with Crippen molar-refractivity contribution in [3.05, 3.63) is 0 Å². The number of ether oxygens (including phenoxy) is 1. The van der Waals surface area contributed by atoms with Crippen LogP contribution in [0.1, 0.15) is 66.2 Å². The summed E-state index contributed by atoms with van der Waals surface area (Å²) >= 11 is 0. The van der Waals surface area contributed by atoms with Crippen molar-refractivity contribution in [1.29, 1.82) is 0 Å². The van der Waals surface area contributed by atoms with Crippen molar-refractivity contribution in [3.63, 3.8) is 0 Å². The predicted molar refractivity (Wildman–Crippen MR) is 75.6 cm³/mol. The lowest BCUT2D eigenvalue weighted by Gasteiger charge is -2.61. The minimum absolute atomic E-state index is 0.0822. The molecule has 3 rings (SSSR count). The SMILES string of the molecule is CCC12CC3CC[C@@](OC(C)=O)(C(C)C)C1CC2C3. The number of hydrogen-bond donors (Lipinski definition) is 0. The van der Waals surface area contributed by atoms with Gasteiger partial charge < -0.3 is 4.74 Å². The van der Waals surface area contributed by atoms with E-state index in [1.54, 1.807) is 6.92 Å². The maximum Gasteiger partial charge on any atom is 0.303 e. The maximum atomic E-state index is 11.7. The average molecular weight is 264 g/mol. The van der Waals surface area contributed by atoms with Crippen molar-refractivity contribution in [2.45, 2.75) is 71.8 Å². The molecule has 3 aliphatic rings. The molecule has 4 unspecified atom stereocenters. The van der Waals surface area contributed by atoms with Crippen molar-refractivity contribution in [3.8, 4) is 0 Å². The molecule has 0 radical (unpaired) electrons. The molecule has 2 bridgehead atoms. The normalized spacial score (nSPS) is 47.7. The van der Waals surface area contributed by atoms with Crippen LogP contribution in [0, 0.1) is 29.1 Å². The molecular weight excluding hydrogens is 236 g/mol. The highest BCUT2D eigenvalue weighted by molar-refractivity contribution is 5.66. The van der Waals surface area contributed by atoms with Gasteiger partial charge in [0.15, 0.2) is 0 Å². The summed E-state index contributed by atoms with van der Waals surface area (Å²) in [5.74, 6) is 2.78. The van der Waals surface area contributed by atoms with Crippen LogP contribution in [0.4, 0.5) is 0 Å². The molecule has 0 aromatic rings. The van der Waals surface area contributed by atoms with Crippen LogP contribution >= 0.6 is 0 Å². The molecule has 3 saturated carbocycles. The van der Waals surface area contributed by atoms with Crippen molar-refractivity contribution < 1.29 is 9.53 Å². The first kappa shape index (κ1) is 13.5. The average Bonchev–Trinajstić information content (AvgIpc) is 2.51. The Morgan fingerprint density at radius 2 is 2.11 bits per heavy atom. The van der Waals surface area contributed by atoms with Crippen LogP contribution in [0.2, 0.25) is 0 Å². The van der Waals surface area contributed by atoms with Gasteiger partial charge in [-0.25, -0.2) is 0 Å². The van der Waals surface area contributed by atoms with Gasteiger partial charge in [0.2, 0.25) is 0 Å². The summed E-state index contributed by atoms with van der Waals surface area (Å²) in [6.45, 7) is 8.44. The van der Waals surface area contributed by atoms with E-state index in [9.17, 15) is 4.79 Å². The van der Waals surface area contributed by atoms with Gasteiger partial charge >= 0.3 is 5.97 Å². The summed E-state index contributed by atoms with van der Waals surface area (Å²) < 4.78 is 6.01. The van der Waals surface area contributed by atoms with E-state index in [1.807, 2.05) is 0 Å². The Balaban J connectivity index is 1.99. The third-order valence-electron chi connectivity index (χ3n) is 6.82. The first-order chi connectivity index (χ1) is 8.94. The quantitative estimate of drug-likeness (QED) is 0.715. The van der Waals surface area contributed by atoms with Gasteiger partial charge in [0.25, 0.3) is 0 Å². The van der Waals surface area contributed by atoms with E-state index in [0.29, 0.717) is 17.3 Å². The first-order valence-corrected chi connectivity index (χ1v) is 8.14. The van der Waals surface area contributed by atoms with Crippen LogP contribution in [0.5, 0.6) is 0 Å². The lowest BCUT2D eigenvalue weighted by atomic mass is 9.46. The van der Waals surface area contributed by atoms with Gasteiger partial charge in [-0.15, -0.1) is 0 Å². The summed E-state index contributed by atoms with van der Waals surface area (Å²) in [6, 6.07) is 0. The summed E-state index contributed by atoms with van der Waals surface area (Å²) in [6.07, 6.45) is 7.77. The molecule has 0 aromatic heterocycles. The number of esters is 1. The molecular formula is C17H28O2. The van der Waals surface area contributed by atoms with E-state index in [0.717, 1.165) is 18.3 Å². The van der Waals surface area contributed by atoms with Crippen LogP contribution < -0.4 is 0 Å². The van der Waals surface area contributed by atoms with Gasteiger partial charge in [0.1, 0.15) is 5.60 Å². The molecule has 2 nitrogen and oxygen atoms in total. The van der Waals surface area contributed by atoms with E-state index in [1.165, 1.54) is 32.1 Å². The fraction of sp³-hybridized carbons (Fsp3) is 0.941. The summed E-state index contributed by atoms with van der Waals surface area (Å²) in [5.41, 5.74) is 0.328. The lowest BCUT2D eigenvalue weighted by molar-refractivity contribution is -0.212. The van der Waals surface area contributed by atoms with Gasteiger partial charge in [-0.3, -0.25) is 4.79 Å². The molecule has 5 atom stereocenters. The van der Waals surface area contributed by atoms with Gasteiger partial charge in [-0.1, -0.05) is 20.8 Å². The Morgan fingerprint density at radius 1 is 1.37 bits per heavy atom. The highest BCUT2D eigenvalue weighted by Gasteiger charge is 2.68. The Hall–Kier alpha value is -0.530. The standard InChI is InChI=1S/C17H28O2/c1-5-16-10-13-6-7-17(11(2)3,19-12(4)18)15(16)9-14(16)8-13/h11,13-15H,5-10H2,1-4H3/t13?,14?,15?,16?,17-/m1/s1. The minimum atomic E-state index is -0.173. The van der Waals surface area contributed by atoms with Crippen molar-refractivity contribution in [1.82, 2.24) is 0 Å². The maximum absolute atomic E-state index is 11.7. The molecule has 0 N–H and O–H groups in total. The summed E-state index contributed by atoms with van der Waals surface area (Å²) in [5, 5.41) is 0. The van der Waals surface area contributed by atoms with Crippen LogP contribution in [-0.4, -0.2) is 11.6 Å². The third kappa shape index (κ3) is 1.64. The molecule has 0 aromatic carbocycles. The van der Waals surface area contributed by atoms with Crippen LogP contribution in [0.3, 0.4) is 0 Å². The monoisotopic (exact) mass is 264 g/mol. The second kappa shape index (κ2) is 4.23. The van der Waals surface area contributed by atoms with Gasteiger partial charge in [0.05, 0.1) is 0 Å². The Kier molecular flexibility index (Phi) is 3.00. The molecule has 0 aliphatic heterocycles. The third-order valence-corrected chi connectivity index (χ3v) is 6.82. The fourth-order valence-corrected chi connectivity index (χ4v) is 5.93. The summed E-state index contributed by atoms with van der Waals surface area (Å²) in [4.78, 5) is 11.7. The van der Waals surface area contributed by atoms with Crippen LogP contribution in [0.25, 0.3) is 0 Å². The van der Waals surface area contributed by atoms with Crippen molar-refractivity contribution >= 4 is 5.97 Å². The topological polar surface area (TPSA) is 26.3 Å². The zero-order valence-electron chi connectivity index (χ0n) is 12.9. The highest BCUT2D eigenvalue weighted by atomic mass is 16.6. The second-order valence-corrected chi connectivity index (χ2v) is 7.62. The smallest absolute Gasteiger partial charge is 0.303 e. The van der Waals surface area contributed by atoms with Gasteiger partial charge in [0, 0.05) is 12.8 Å². The molecule has 108 valence electrons. The van der Waals surface area contributed by atoms with E-state index in [4.69, 9.17) is 4.74 Å². The zero-order chi connectivity index (χ0) is 13.8. The number of fused-ring (bicyclic) bond motifs is 1. The number of carbonyl (C=O) groups is 1. The predicted octanol–water partition coefficient (Wildman–Crippen LogP) is 4.18. The number of rotatable bonds is 3. The second-order valence-electron chi connectivity index (χ2n) is 7.62. The molecule has 3 fully saturated rings. The van der Waals surface area contributed by atoms with Crippen LogP contribution in [0.15, 0.2) is 0 Å². The van der Waals surface area contributed by atoms with Crippen LogP contribution in [-0.2, 0) is 9.53 Å². The van der Waals surface area contributed by atoms with Crippen molar-refractivity contribution in [2.24, 2.45) is 29.1 Å². The zero-order valence-corrected chi connectivity index (χ0v) is 12.9. The van der Waals surface area contributed by atoms with E-state index >= 15 is 0 Å². The molecule has 0 saturated heterocycles. The Morgan fingerprint density at radius 3 is 2.68 bits per heavy atom. The van der Waals surface area contributed by atoms with Crippen molar-refractivity contribution in [2.75, 3.05) is 0 Å². The van der Waals surface area contributed by atoms with E-state index in [2.05, 4.69) is 20.8 Å². The molecule has 0 heterocycles. The highest BCUT2D eigenvalue weighted by Crippen LogP contribution is 2.72.